The minimum absolute atomic E-state index is 0.139. The summed E-state index contributed by atoms with van der Waals surface area (Å²) in [4.78, 5) is 42.9. The molecule has 0 aliphatic carbocycles. The largest absolute Gasteiger partial charge is 0.444 e. The molecule has 1 aromatic rings. The minimum Gasteiger partial charge on any atom is -0.444 e. The highest BCUT2D eigenvalue weighted by Gasteiger charge is 2.46. The Morgan fingerprint density at radius 1 is 0.950 bits per heavy atom. The summed E-state index contributed by atoms with van der Waals surface area (Å²) < 4.78 is 36.4. The van der Waals surface area contributed by atoms with Crippen LogP contribution in [0.4, 0.5) is 9.59 Å². The fourth-order valence-electron chi connectivity index (χ4n) is 5.03. The van der Waals surface area contributed by atoms with Gasteiger partial charge in [0, 0.05) is 19.6 Å². The number of ether oxygens (including phenoxy) is 2. The smallest absolute Gasteiger partial charge is 0.410 e. The molecule has 3 amide bonds. The van der Waals surface area contributed by atoms with E-state index in [-0.39, 0.29) is 12.3 Å². The Labute approximate surface area is 238 Å². The zero-order valence-electron chi connectivity index (χ0n) is 24.9. The first-order valence-electron chi connectivity index (χ1n) is 14.0. The number of hydrogen-bond acceptors (Lipinski definition) is 7. The standard InChI is InChI=1S/C29H45N3O7S/c1-20-8-10-21(11-9-20)18-22-12-14-31(15-13-22)25(33)24(30-26(34)38-28(2,3)4)23-19-40(36,37)17-16-32(23)27(35)39-29(5,6)7/h8-11,22-24H,12-19H2,1-7H3,(H,30,34). The molecule has 2 fully saturated rings. The maximum Gasteiger partial charge on any atom is 0.410 e. The van der Waals surface area contributed by atoms with Crippen LogP contribution < -0.4 is 5.32 Å². The van der Waals surface area contributed by atoms with E-state index in [9.17, 15) is 22.8 Å². The zero-order chi connectivity index (χ0) is 29.9. The molecule has 10 nitrogen and oxygen atoms in total. The lowest BCUT2D eigenvalue weighted by Gasteiger charge is -2.42. The monoisotopic (exact) mass is 579 g/mol. The van der Waals surface area contributed by atoms with Crippen molar-refractivity contribution in [2.24, 2.45) is 5.92 Å². The van der Waals surface area contributed by atoms with E-state index in [0.717, 1.165) is 19.3 Å². The SMILES string of the molecule is Cc1ccc(CC2CCN(C(=O)C(NC(=O)OC(C)(C)C)C3CS(=O)(=O)CCN3C(=O)OC(C)(C)C)CC2)cc1. The van der Waals surface area contributed by atoms with Crippen LogP contribution in [0.15, 0.2) is 24.3 Å². The molecular formula is C29H45N3O7S. The highest BCUT2D eigenvalue weighted by Crippen LogP contribution is 2.25. The van der Waals surface area contributed by atoms with Gasteiger partial charge in [0.1, 0.15) is 17.2 Å². The molecule has 0 saturated carbocycles. The Kier molecular flexibility index (Phi) is 9.80. The number of nitrogens with zero attached hydrogens (tertiary/aromatic N) is 2. The molecule has 2 heterocycles. The number of piperidine rings is 1. The van der Waals surface area contributed by atoms with E-state index < -0.39 is 57.0 Å². The van der Waals surface area contributed by atoms with Crippen molar-refractivity contribution in [3.63, 3.8) is 0 Å². The van der Waals surface area contributed by atoms with Gasteiger partial charge in [-0.15, -0.1) is 0 Å². The van der Waals surface area contributed by atoms with Gasteiger partial charge in [0.2, 0.25) is 5.91 Å². The van der Waals surface area contributed by atoms with Crippen LogP contribution in [0.3, 0.4) is 0 Å². The molecule has 2 atom stereocenters. The highest BCUT2D eigenvalue weighted by atomic mass is 32.2. The number of carbonyl (C=O) groups excluding carboxylic acids is 3. The Morgan fingerprint density at radius 2 is 1.52 bits per heavy atom. The van der Waals surface area contributed by atoms with Crippen LogP contribution >= 0.6 is 0 Å². The average Bonchev–Trinajstić information content (AvgIpc) is 2.81. The molecular weight excluding hydrogens is 534 g/mol. The number of amides is 3. The van der Waals surface area contributed by atoms with Gasteiger partial charge in [-0.1, -0.05) is 29.8 Å². The van der Waals surface area contributed by atoms with Crippen LogP contribution in [0.1, 0.15) is 65.5 Å². The van der Waals surface area contributed by atoms with Crippen molar-refractivity contribution in [3.8, 4) is 0 Å². The zero-order valence-corrected chi connectivity index (χ0v) is 25.7. The van der Waals surface area contributed by atoms with Crippen molar-refractivity contribution in [2.75, 3.05) is 31.1 Å². The van der Waals surface area contributed by atoms with E-state index >= 15 is 0 Å². The van der Waals surface area contributed by atoms with Crippen LogP contribution in [0, 0.1) is 12.8 Å². The molecule has 224 valence electrons. The summed E-state index contributed by atoms with van der Waals surface area (Å²) in [6.07, 6.45) is 0.879. The molecule has 2 unspecified atom stereocenters. The molecule has 0 spiro atoms. The first-order valence-corrected chi connectivity index (χ1v) is 15.8. The van der Waals surface area contributed by atoms with Crippen LogP contribution in [0.25, 0.3) is 0 Å². The summed E-state index contributed by atoms with van der Waals surface area (Å²) in [7, 11) is -3.58. The molecule has 11 heteroatoms. The summed E-state index contributed by atoms with van der Waals surface area (Å²) >= 11 is 0. The van der Waals surface area contributed by atoms with Crippen molar-refractivity contribution in [3.05, 3.63) is 35.4 Å². The van der Waals surface area contributed by atoms with E-state index in [0.29, 0.717) is 19.0 Å². The molecule has 0 radical (unpaired) electrons. The van der Waals surface area contributed by atoms with Crippen molar-refractivity contribution in [1.29, 1.82) is 0 Å². The second kappa shape index (κ2) is 12.4. The fourth-order valence-corrected chi connectivity index (χ4v) is 6.56. The number of hydrogen-bond donors (Lipinski definition) is 1. The predicted octanol–water partition coefficient (Wildman–Crippen LogP) is 3.70. The molecule has 1 aromatic carbocycles. The Bertz CT molecular complexity index is 1160. The van der Waals surface area contributed by atoms with E-state index in [1.54, 1.807) is 46.4 Å². The highest BCUT2D eigenvalue weighted by molar-refractivity contribution is 7.91. The number of rotatable bonds is 5. The molecule has 2 saturated heterocycles. The first-order chi connectivity index (χ1) is 18.4. The van der Waals surface area contributed by atoms with Gasteiger partial charge in [-0.25, -0.2) is 18.0 Å². The minimum atomic E-state index is -3.58. The number of carbonyl (C=O) groups is 3. The Balaban J connectivity index is 1.82. The number of benzene rings is 1. The number of likely N-dealkylation sites (tertiary alicyclic amines) is 1. The van der Waals surface area contributed by atoms with Crippen LogP contribution in [-0.2, 0) is 30.5 Å². The van der Waals surface area contributed by atoms with Gasteiger partial charge >= 0.3 is 12.2 Å². The Morgan fingerprint density at radius 3 is 2.08 bits per heavy atom. The summed E-state index contributed by atoms with van der Waals surface area (Å²) in [6, 6.07) is 5.99. The maximum absolute atomic E-state index is 13.9. The predicted molar refractivity (Wildman–Crippen MR) is 153 cm³/mol. The summed E-state index contributed by atoms with van der Waals surface area (Å²) in [5.74, 6) is -0.754. The van der Waals surface area contributed by atoms with E-state index in [4.69, 9.17) is 9.47 Å². The van der Waals surface area contributed by atoms with E-state index in [2.05, 4.69) is 36.5 Å². The van der Waals surface area contributed by atoms with Gasteiger partial charge < -0.3 is 24.6 Å². The van der Waals surface area contributed by atoms with E-state index in [1.807, 2.05) is 0 Å². The van der Waals surface area contributed by atoms with Crippen molar-refractivity contribution in [1.82, 2.24) is 15.1 Å². The van der Waals surface area contributed by atoms with Gasteiger partial charge in [-0.05, 0) is 79.2 Å². The number of nitrogens with one attached hydrogen (secondary N) is 1. The van der Waals surface area contributed by atoms with Crippen LogP contribution in [-0.4, -0.2) is 90.7 Å². The molecule has 0 bridgehead atoms. The van der Waals surface area contributed by atoms with Crippen molar-refractivity contribution in [2.45, 2.75) is 91.0 Å². The molecule has 1 N–H and O–H groups in total. The topological polar surface area (TPSA) is 122 Å². The number of sulfone groups is 1. The van der Waals surface area contributed by atoms with Gasteiger partial charge in [0.25, 0.3) is 0 Å². The summed E-state index contributed by atoms with van der Waals surface area (Å²) in [6.45, 7) is 13.1. The normalized spacial score (nSPS) is 20.9. The second-order valence-electron chi connectivity index (χ2n) is 12.9. The number of aryl methyl sites for hydroxylation is 1. The third kappa shape index (κ3) is 9.38. The lowest BCUT2D eigenvalue weighted by molar-refractivity contribution is -0.136. The van der Waals surface area contributed by atoms with Gasteiger partial charge in [0.15, 0.2) is 9.84 Å². The second-order valence-corrected chi connectivity index (χ2v) is 15.2. The summed E-state index contributed by atoms with van der Waals surface area (Å²) in [5, 5.41) is 2.62. The lowest BCUT2D eigenvalue weighted by Crippen LogP contribution is -2.65. The van der Waals surface area contributed by atoms with Gasteiger partial charge in [-0.2, -0.15) is 0 Å². The van der Waals surface area contributed by atoms with Gasteiger partial charge in [-0.3, -0.25) is 4.79 Å². The molecule has 2 aliphatic heterocycles. The first kappa shape index (κ1) is 31.7. The maximum atomic E-state index is 13.9. The van der Waals surface area contributed by atoms with Crippen molar-refractivity contribution < 1.29 is 32.3 Å². The lowest BCUT2D eigenvalue weighted by atomic mass is 9.89. The van der Waals surface area contributed by atoms with Gasteiger partial charge in [0.05, 0.1) is 17.5 Å². The van der Waals surface area contributed by atoms with Crippen molar-refractivity contribution >= 4 is 27.9 Å². The summed E-state index contributed by atoms with van der Waals surface area (Å²) in [5.41, 5.74) is 0.795. The Hall–Kier alpha value is -2.82. The van der Waals surface area contributed by atoms with Crippen LogP contribution in [0.2, 0.25) is 0 Å². The molecule has 40 heavy (non-hydrogen) atoms. The molecule has 2 aliphatic rings. The number of alkyl carbamates (subject to hydrolysis) is 1. The third-order valence-electron chi connectivity index (χ3n) is 6.99. The molecule has 3 rings (SSSR count). The van der Waals surface area contributed by atoms with E-state index in [1.165, 1.54) is 16.0 Å². The quantitative estimate of drug-likeness (QED) is 0.564. The fraction of sp³-hybridized carbons (Fsp3) is 0.690. The average molecular weight is 580 g/mol. The van der Waals surface area contributed by atoms with Crippen LogP contribution in [0.5, 0.6) is 0 Å². The molecule has 0 aromatic heterocycles. The third-order valence-corrected chi connectivity index (χ3v) is 8.64.